The Bertz CT molecular complexity index is 1290. The molecule has 0 bridgehead atoms. The third-order valence-corrected chi connectivity index (χ3v) is 7.45. The summed E-state index contributed by atoms with van der Waals surface area (Å²) in [6, 6.07) is 20.2. The number of fused-ring (bicyclic) bond motifs is 1. The van der Waals surface area contributed by atoms with Gasteiger partial charge in [-0.05, 0) is 61.2 Å². The van der Waals surface area contributed by atoms with E-state index in [1.165, 1.54) is 23.5 Å². The van der Waals surface area contributed by atoms with Crippen LogP contribution in [0, 0.1) is 12.7 Å². The first kappa shape index (κ1) is 25.8. The van der Waals surface area contributed by atoms with Gasteiger partial charge in [0.05, 0.1) is 18.8 Å². The SMILES string of the molecule is Cc1ccccc1C(C(=O)NC1CCCCC1)N(C(=O)CN1CCOc2ccccc21)c1cccc(F)c1. The van der Waals surface area contributed by atoms with Gasteiger partial charge in [0.15, 0.2) is 0 Å². The molecule has 1 atom stereocenters. The Balaban J connectivity index is 1.54. The van der Waals surface area contributed by atoms with Crippen molar-refractivity contribution in [1.82, 2.24) is 5.32 Å². The van der Waals surface area contributed by atoms with E-state index in [9.17, 15) is 14.0 Å². The minimum Gasteiger partial charge on any atom is -0.490 e. The van der Waals surface area contributed by atoms with E-state index in [2.05, 4.69) is 5.32 Å². The van der Waals surface area contributed by atoms with Crippen molar-refractivity contribution >= 4 is 23.2 Å². The number of rotatable bonds is 7. The maximum Gasteiger partial charge on any atom is 0.248 e. The molecule has 3 aromatic carbocycles. The smallest absolute Gasteiger partial charge is 0.248 e. The minimum atomic E-state index is -0.941. The number of carbonyl (C=O) groups is 2. The van der Waals surface area contributed by atoms with Gasteiger partial charge in [-0.1, -0.05) is 61.7 Å². The number of amides is 2. The van der Waals surface area contributed by atoms with Gasteiger partial charge < -0.3 is 15.0 Å². The Morgan fingerprint density at radius 3 is 2.58 bits per heavy atom. The molecule has 6 nitrogen and oxygen atoms in total. The van der Waals surface area contributed by atoms with E-state index in [1.807, 2.05) is 60.4 Å². The van der Waals surface area contributed by atoms with Crippen LogP contribution in [0.15, 0.2) is 72.8 Å². The van der Waals surface area contributed by atoms with Gasteiger partial charge in [0.2, 0.25) is 11.8 Å². The van der Waals surface area contributed by atoms with Crippen molar-refractivity contribution in [3.05, 3.63) is 89.7 Å². The molecule has 1 aliphatic carbocycles. The van der Waals surface area contributed by atoms with Crippen LogP contribution in [0.2, 0.25) is 0 Å². The third-order valence-electron chi connectivity index (χ3n) is 7.45. The third kappa shape index (κ3) is 5.67. The van der Waals surface area contributed by atoms with Crippen molar-refractivity contribution in [3.63, 3.8) is 0 Å². The lowest BCUT2D eigenvalue weighted by Gasteiger charge is -2.37. The summed E-state index contributed by atoms with van der Waals surface area (Å²) in [6.07, 6.45) is 5.16. The average Bonchev–Trinajstić information content (AvgIpc) is 2.93. The molecule has 0 aromatic heterocycles. The van der Waals surface area contributed by atoms with Crippen LogP contribution in [0.4, 0.5) is 15.8 Å². The summed E-state index contributed by atoms with van der Waals surface area (Å²) in [5.74, 6) is -0.284. The summed E-state index contributed by atoms with van der Waals surface area (Å²) in [6.45, 7) is 2.94. The summed E-state index contributed by atoms with van der Waals surface area (Å²) in [4.78, 5) is 31.7. The first-order chi connectivity index (χ1) is 18.5. The van der Waals surface area contributed by atoms with Gasteiger partial charge in [0, 0.05) is 11.7 Å². The monoisotopic (exact) mass is 515 g/mol. The van der Waals surface area contributed by atoms with Crippen molar-refractivity contribution in [2.75, 3.05) is 29.5 Å². The van der Waals surface area contributed by atoms with Crippen molar-refractivity contribution in [3.8, 4) is 5.75 Å². The number of anilines is 2. The molecule has 1 aliphatic heterocycles. The maximum absolute atomic E-state index is 14.5. The van der Waals surface area contributed by atoms with E-state index < -0.39 is 11.9 Å². The second kappa shape index (κ2) is 11.7. The molecule has 1 saturated carbocycles. The number of ether oxygens (including phenoxy) is 1. The Morgan fingerprint density at radius 1 is 1.03 bits per heavy atom. The molecule has 0 spiro atoms. The van der Waals surface area contributed by atoms with Gasteiger partial charge in [0.1, 0.15) is 24.2 Å². The van der Waals surface area contributed by atoms with Gasteiger partial charge in [-0.15, -0.1) is 0 Å². The number of nitrogens with zero attached hydrogens (tertiary/aromatic N) is 2. The van der Waals surface area contributed by atoms with Crippen LogP contribution in [-0.4, -0.2) is 37.6 Å². The molecule has 1 fully saturated rings. The number of hydrogen-bond donors (Lipinski definition) is 1. The van der Waals surface area contributed by atoms with Crippen LogP contribution >= 0.6 is 0 Å². The second-order valence-electron chi connectivity index (χ2n) is 10.1. The first-order valence-electron chi connectivity index (χ1n) is 13.4. The molecule has 7 heteroatoms. The van der Waals surface area contributed by atoms with Crippen molar-refractivity contribution < 1.29 is 18.7 Å². The summed E-state index contributed by atoms with van der Waals surface area (Å²) in [7, 11) is 0. The summed E-state index contributed by atoms with van der Waals surface area (Å²) >= 11 is 0. The fraction of sp³-hybridized carbons (Fsp3) is 0.355. The molecular formula is C31H34FN3O3. The zero-order valence-electron chi connectivity index (χ0n) is 21.7. The van der Waals surface area contributed by atoms with Crippen LogP contribution in [0.1, 0.15) is 49.3 Å². The van der Waals surface area contributed by atoms with Crippen molar-refractivity contribution in [2.45, 2.75) is 51.1 Å². The van der Waals surface area contributed by atoms with Gasteiger partial charge in [-0.3, -0.25) is 14.5 Å². The lowest BCUT2D eigenvalue weighted by atomic mass is 9.93. The molecule has 2 aliphatic rings. The van der Waals surface area contributed by atoms with E-state index in [0.29, 0.717) is 24.6 Å². The number of nitrogens with one attached hydrogen (secondary N) is 1. The summed E-state index contributed by atoms with van der Waals surface area (Å²) in [5, 5.41) is 3.22. The molecule has 198 valence electrons. The predicted octanol–water partition coefficient (Wildman–Crippen LogP) is 5.56. The Morgan fingerprint density at radius 2 is 1.79 bits per heavy atom. The highest BCUT2D eigenvalue weighted by Gasteiger charge is 2.36. The van der Waals surface area contributed by atoms with E-state index in [1.54, 1.807) is 12.1 Å². The van der Waals surface area contributed by atoms with Crippen LogP contribution in [0.3, 0.4) is 0 Å². The number of hydrogen-bond acceptors (Lipinski definition) is 4. The van der Waals surface area contributed by atoms with Gasteiger partial charge in [-0.25, -0.2) is 4.39 Å². The number of benzene rings is 3. The molecular weight excluding hydrogens is 481 g/mol. The van der Waals surface area contributed by atoms with E-state index >= 15 is 0 Å². The fourth-order valence-electron chi connectivity index (χ4n) is 5.51. The number of halogens is 1. The lowest BCUT2D eigenvalue weighted by Crippen LogP contribution is -2.50. The first-order valence-corrected chi connectivity index (χ1v) is 13.4. The second-order valence-corrected chi connectivity index (χ2v) is 10.1. The lowest BCUT2D eigenvalue weighted by molar-refractivity contribution is -0.127. The average molecular weight is 516 g/mol. The van der Waals surface area contributed by atoms with Crippen molar-refractivity contribution in [1.29, 1.82) is 0 Å². The largest absolute Gasteiger partial charge is 0.490 e. The van der Waals surface area contributed by atoms with Crippen LogP contribution < -0.4 is 19.9 Å². The van der Waals surface area contributed by atoms with Crippen LogP contribution in [0.5, 0.6) is 5.75 Å². The van der Waals surface area contributed by atoms with E-state index in [0.717, 1.165) is 42.5 Å². The van der Waals surface area contributed by atoms with Crippen molar-refractivity contribution in [2.24, 2.45) is 0 Å². The predicted molar refractivity (Wildman–Crippen MR) is 147 cm³/mol. The molecule has 0 saturated heterocycles. The zero-order chi connectivity index (χ0) is 26.5. The Kier molecular flexibility index (Phi) is 7.91. The topological polar surface area (TPSA) is 61.9 Å². The van der Waals surface area contributed by atoms with Crippen LogP contribution in [0.25, 0.3) is 0 Å². The van der Waals surface area contributed by atoms with Gasteiger partial charge >= 0.3 is 0 Å². The quantitative estimate of drug-likeness (QED) is 0.448. The van der Waals surface area contributed by atoms with E-state index in [4.69, 9.17) is 4.74 Å². The number of carbonyl (C=O) groups excluding carboxylic acids is 2. The fourth-order valence-corrected chi connectivity index (χ4v) is 5.51. The van der Waals surface area contributed by atoms with E-state index in [-0.39, 0.29) is 24.4 Å². The number of para-hydroxylation sites is 2. The highest BCUT2D eigenvalue weighted by Crippen LogP contribution is 2.34. The Hall–Kier alpha value is -3.87. The highest BCUT2D eigenvalue weighted by atomic mass is 19.1. The number of aryl methyl sites for hydroxylation is 1. The molecule has 3 aromatic rings. The minimum absolute atomic E-state index is 0.0238. The molecule has 2 amide bonds. The van der Waals surface area contributed by atoms with Gasteiger partial charge in [-0.2, -0.15) is 0 Å². The van der Waals surface area contributed by atoms with Gasteiger partial charge in [0.25, 0.3) is 0 Å². The molecule has 1 N–H and O–H groups in total. The standard InChI is InChI=1S/C31H34FN3O3/c1-22-10-5-6-15-26(22)30(31(37)33-24-12-3-2-4-13-24)35(25-14-9-11-23(32)20-25)29(36)21-34-18-19-38-28-17-8-7-16-27(28)34/h5-11,14-17,20,24,30H,2-4,12-13,18-19,21H2,1H3,(H,33,37). The molecule has 38 heavy (non-hydrogen) atoms. The highest BCUT2D eigenvalue weighted by molar-refractivity contribution is 6.03. The Labute approximate surface area is 223 Å². The zero-order valence-corrected chi connectivity index (χ0v) is 21.7. The van der Waals surface area contributed by atoms with Crippen LogP contribution in [-0.2, 0) is 9.59 Å². The molecule has 1 heterocycles. The summed E-state index contributed by atoms with van der Waals surface area (Å²) < 4.78 is 20.3. The maximum atomic E-state index is 14.5. The normalized spacial score (nSPS) is 16.2. The summed E-state index contributed by atoms with van der Waals surface area (Å²) in [5.41, 5.74) is 2.79. The molecule has 5 rings (SSSR count). The molecule has 1 unspecified atom stereocenters. The molecule has 0 radical (unpaired) electrons.